The highest BCUT2D eigenvalue weighted by Crippen LogP contribution is 2.17. The molecule has 0 aliphatic carbocycles. The van der Waals surface area contributed by atoms with Crippen LogP contribution in [0, 0.1) is 17.5 Å². The molecule has 0 saturated heterocycles. The fraction of sp³-hybridized carbons (Fsp3) is 0.300. The van der Waals surface area contributed by atoms with Crippen molar-refractivity contribution in [3.63, 3.8) is 0 Å². The monoisotopic (exact) mass is 233 g/mol. The number of nitrogens with one attached hydrogen (secondary N) is 1. The van der Waals surface area contributed by atoms with Gasteiger partial charge in [-0.25, -0.2) is 13.2 Å². The molecule has 0 heterocycles. The molecule has 0 aromatic heterocycles. The number of aliphatic carboxylic acids is 1. The van der Waals surface area contributed by atoms with Crippen LogP contribution in [0.25, 0.3) is 0 Å². The molecule has 1 aromatic carbocycles. The number of halogens is 3. The molecule has 0 spiro atoms. The molecule has 0 amide bonds. The number of carbonyl (C=O) groups is 1. The van der Waals surface area contributed by atoms with Crippen LogP contribution < -0.4 is 5.32 Å². The van der Waals surface area contributed by atoms with Crippen LogP contribution in [0.2, 0.25) is 0 Å². The molecule has 0 aliphatic rings. The van der Waals surface area contributed by atoms with Crippen LogP contribution in [0.5, 0.6) is 0 Å². The number of hydrogen-bond donors (Lipinski definition) is 2. The summed E-state index contributed by atoms with van der Waals surface area (Å²) in [5, 5.41) is 10.9. The van der Waals surface area contributed by atoms with Crippen LogP contribution in [-0.2, 0) is 4.79 Å². The lowest BCUT2D eigenvalue weighted by atomic mass is 10.2. The molecule has 3 nitrogen and oxygen atoms in total. The standard InChI is InChI=1S/C10H10F3NO2/c11-7-4-6(5-8(12)10(7)13)14-3-1-2-9(15)16/h4-5,14H,1-3H2,(H,15,16). The number of anilines is 1. The van der Waals surface area contributed by atoms with Gasteiger partial charge >= 0.3 is 5.97 Å². The molecule has 1 aromatic rings. The van der Waals surface area contributed by atoms with Crippen molar-refractivity contribution in [3.05, 3.63) is 29.6 Å². The van der Waals surface area contributed by atoms with Gasteiger partial charge in [-0.1, -0.05) is 0 Å². The van der Waals surface area contributed by atoms with Crippen LogP contribution in [0.1, 0.15) is 12.8 Å². The SMILES string of the molecule is O=C(O)CCCNc1cc(F)c(F)c(F)c1. The van der Waals surface area contributed by atoms with E-state index in [1.54, 1.807) is 0 Å². The van der Waals surface area contributed by atoms with E-state index in [0.29, 0.717) is 6.42 Å². The van der Waals surface area contributed by atoms with Gasteiger partial charge in [0.1, 0.15) is 0 Å². The van der Waals surface area contributed by atoms with Gasteiger partial charge in [-0.3, -0.25) is 4.79 Å². The summed E-state index contributed by atoms with van der Waals surface area (Å²) in [4.78, 5) is 10.2. The average Bonchev–Trinajstić information content (AvgIpc) is 2.20. The fourth-order valence-corrected chi connectivity index (χ4v) is 1.13. The van der Waals surface area contributed by atoms with E-state index in [1.807, 2.05) is 0 Å². The normalized spacial score (nSPS) is 10.2. The maximum atomic E-state index is 12.7. The number of carboxylic acids is 1. The van der Waals surface area contributed by atoms with Crippen molar-refractivity contribution < 1.29 is 23.1 Å². The van der Waals surface area contributed by atoms with Gasteiger partial charge < -0.3 is 10.4 Å². The first-order chi connectivity index (χ1) is 7.50. The quantitative estimate of drug-likeness (QED) is 0.606. The summed E-state index contributed by atoms with van der Waals surface area (Å²) in [6.45, 7) is 0.247. The van der Waals surface area contributed by atoms with Crippen molar-refractivity contribution in [2.24, 2.45) is 0 Å². The largest absolute Gasteiger partial charge is 0.481 e. The molecule has 0 aliphatic heterocycles. The van der Waals surface area contributed by atoms with E-state index in [1.165, 1.54) is 0 Å². The van der Waals surface area contributed by atoms with E-state index in [0.717, 1.165) is 12.1 Å². The highest BCUT2D eigenvalue weighted by molar-refractivity contribution is 5.66. The summed E-state index contributed by atoms with van der Waals surface area (Å²) in [5.74, 6) is -5.02. The maximum Gasteiger partial charge on any atom is 0.303 e. The van der Waals surface area contributed by atoms with Crippen molar-refractivity contribution in [1.29, 1.82) is 0 Å². The van der Waals surface area contributed by atoms with E-state index < -0.39 is 23.4 Å². The van der Waals surface area contributed by atoms with Crippen molar-refractivity contribution in [2.45, 2.75) is 12.8 Å². The first kappa shape index (κ1) is 12.4. The van der Waals surface area contributed by atoms with E-state index in [4.69, 9.17) is 5.11 Å². The smallest absolute Gasteiger partial charge is 0.303 e. The molecule has 6 heteroatoms. The Bertz CT molecular complexity index is 373. The molecule has 0 radical (unpaired) electrons. The molecule has 2 N–H and O–H groups in total. The van der Waals surface area contributed by atoms with Crippen LogP contribution in [0.15, 0.2) is 12.1 Å². The highest BCUT2D eigenvalue weighted by atomic mass is 19.2. The van der Waals surface area contributed by atoms with Gasteiger partial charge in [0.05, 0.1) is 0 Å². The molecule has 16 heavy (non-hydrogen) atoms. The van der Waals surface area contributed by atoms with Gasteiger partial charge in [-0.05, 0) is 6.42 Å². The van der Waals surface area contributed by atoms with Gasteiger partial charge in [0.15, 0.2) is 17.5 Å². The summed E-state index contributed by atoms with van der Waals surface area (Å²) < 4.78 is 38.0. The first-order valence-corrected chi connectivity index (χ1v) is 4.61. The third-order valence-corrected chi connectivity index (χ3v) is 1.88. The Kier molecular flexibility index (Phi) is 4.16. The summed E-state index contributed by atoms with van der Waals surface area (Å²) in [6.07, 6.45) is 0.273. The van der Waals surface area contributed by atoms with Gasteiger partial charge in [0.2, 0.25) is 0 Å². The Morgan fingerprint density at radius 2 is 1.81 bits per heavy atom. The molecule has 1 rings (SSSR count). The third-order valence-electron chi connectivity index (χ3n) is 1.88. The second-order valence-electron chi connectivity index (χ2n) is 3.18. The number of carboxylic acid groups (broad SMARTS) is 1. The Hall–Kier alpha value is -1.72. The average molecular weight is 233 g/mol. The maximum absolute atomic E-state index is 12.7. The van der Waals surface area contributed by atoms with Crippen molar-refractivity contribution in [3.8, 4) is 0 Å². The molecule has 0 unspecified atom stereocenters. The summed E-state index contributed by atoms with van der Waals surface area (Å²) in [7, 11) is 0. The van der Waals surface area contributed by atoms with Gasteiger partial charge in [-0.15, -0.1) is 0 Å². The predicted octanol–water partition coefficient (Wildman–Crippen LogP) is 2.38. The molecular weight excluding hydrogens is 223 g/mol. The lowest BCUT2D eigenvalue weighted by molar-refractivity contribution is -0.137. The number of benzene rings is 1. The van der Waals surface area contributed by atoms with E-state index in [-0.39, 0.29) is 18.7 Å². The van der Waals surface area contributed by atoms with Crippen LogP contribution in [0.3, 0.4) is 0 Å². The van der Waals surface area contributed by atoms with E-state index in [9.17, 15) is 18.0 Å². The lowest BCUT2D eigenvalue weighted by Crippen LogP contribution is -2.06. The Morgan fingerprint density at radius 3 is 2.31 bits per heavy atom. The topological polar surface area (TPSA) is 49.3 Å². The third kappa shape index (κ3) is 3.45. The Morgan fingerprint density at radius 1 is 1.25 bits per heavy atom. The van der Waals surface area contributed by atoms with Gasteiger partial charge in [0.25, 0.3) is 0 Å². The van der Waals surface area contributed by atoms with Gasteiger partial charge in [0, 0.05) is 30.8 Å². The zero-order chi connectivity index (χ0) is 12.1. The zero-order valence-corrected chi connectivity index (χ0v) is 8.27. The summed E-state index contributed by atoms with van der Waals surface area (Å²) in [5.41, 5.74) is 0.0850. The zero-order valence-electron chi connectivity index (χ0n) is 8.27. The Labute approximate surface area is 89.9 Å². The predicted molar refractivity (Wildman–Crippen MR) is 51.7 cm³/mol. The highest BCUT2D eigenvalue weighted by Gasteiger charge is 2.09. The first-order valence-electron chi connectivity index (χ1n) is 4.61. The molecule has 0 atom stereocenters. The minimum Gasteiger partial charge on any atom is -0.481 e. The molecule has 0 bridgehead atoms. The van der Waals surface area contributed by atoms with Gasteiger partial charge in [-0.2, -0.15) is 0 Å². The number of rotatable bonds is 5. The van der Waals surface area contributed by atoms with Crippen LogP contribution in [0.4, 0.5) is 18.9 Å². The Balaban J connectivity index is 2.52. The minimum atomic E-state index is -1.52. The van der Waals surface area contributed by atoms with Crippen LogP contribution >= 0.6 is 0 Å². The lowest BCUT2D eigenvalue weighted by Gasteiger charge is -2.06. The molecule has 0 saturated carbocycles. The second-order valence-corrected chi connectivity index (χ2v) is 3.18. The summed E-state index contributed by atoms with van der Waals surface area (Å²) in [6, 6.07) is 1.64. The molecule has 0 fully saturated rings. The molecular formula is C10H10F3NO2. The number of hydrogen-bond acceptors (Lipinski definition) is 2. The fourth-order valence-electron chi connectivity index (χ4n) is 1.13. The summed E-state index contributed by atoms with van der Waals surface area (Å²) >= 11 is 0. The van der Waals surface area contributed by atoms with Crippen LogP contribution in [-0.4, -0.2) is 17.6 Å². The second kappa shape index (κ2) is 5.39. The minimum absolute atomic E-state index is 0.0425. The van der Waals surface area contributed by atoms with E-state index in [2.05, 4.69) is 5.32 Å². The van der Waals surface area contributed by atoms with Crippen molar-refractivity contribution >= 4 is 11.7 Å². The molecule has 88 valence electrons. The van der Waals surface area contributed by atoms with Crippen molar-refractivity contribution in [2.75, 3.05) is 11.9 Å². The van der Waals surface area contributed by atoms with Crippen molar-refractivity contribution in [1.82, 2.24) is 0 Å². The van der Waals surface area contributed by atoms with E-state index >= 15 is 0 Å².